The highest BCUT2D eigenvalue weighted by Gasteiger charge is 2.39. The van der Waals surface area contributed by atoms with Gasteiger partial charge in [-0.25, -0.2) is 5.43 Å². The molecule has 0 spiro atoms. The molecule has 0 aliphatic carbocycles. The van der Waals surface area contributed by atoms with E-state index in [-0.39, 0.29) is 5.56 Å². The van der Waals surface area contributed by atoms with Crippen LogP contribution in [0.5, 0.6) is 0 Å². The van der Waals surface area contributed by atoms with E-state index in [2.05, 4.69) is 14.5 Å². The number of pyridine rings is 1. The van der Waals surface area contributed by atoms with E-state index in [1.165, 1.54) is 30.6 Å². The molecular weight excluding hydrogens is 275 g/mol. The predicted molar refractivity (Wildman–Crippen MR) is 63.0 cm³/mol. The summed E-state index contributed by atoms with van der Waals surface area (Å²) in [5.74, 6) is -1.28. The molecule has 1 amide bonds. The molecular formula is C12H8F3N3O2. The number of hydrogen-bond donors (Lipinski definition) is 1. The van der Waals surface area contributed by atoms with Gasteiger partial charge in [-0.15, -0.1) is 0 Å². The van der Waals surface area contributed by atoms with Gasteiger partial charge in [0.15, 0.2) is 5.76 Å². The molecule has 1 N–H and O–H groups in total. The molecule has 0 radical (unpaired) electrons. The van der Waals surface area contributed by atoms with Gasteiger partial charge in [0.2, 0.25) is 5.71 Å². The normalized spacial score (nSPS) is 12.2. The molecule has 0 saturated carbocycles. The Balaban J connectivity index is 2.21. The molecule has 0 aromatic carbocycles. The number of rotatable bonds is 3. The number of hydrogen-bond acceptors (Lipinski definition) is 4. The summed E-state index contributed by atoms with van der Waals surface area (Å²) in [6.07, 6.45) is -1.02. The van der Waals surface area contributed by atoms with E-state index in [0.717, 1.165) is 12.3 Å². The van der Waals surface area contributed by atoms with E-state index < -0.39 is 23.6 Å². The molecule has 104 valence electrons. The minimum atomic E-state index is -4.75. The SMILES string of the molecule is O=C(N/N=C(/c1ccco1)C(F)(F)F)c1cccnc1. The van der Waals surface area contributed by atoms with Crippen LogP contribution in [-0.2, 0) is 0 Å². The maximum atomic E-state index is 12.8. The lowest BCUT2D eigenvalue weighted by atomic mass is 10.3. The number of carbonyl (C=O) groups excluding carboxylic acids is 1. The van der Waals surface area contributed by atoms with Crippen molar-refractivity contribution in [2.75, 3.05) is 0 Å². The molecule has 0 aliphatic rings. The number of halogens is 3. The van der Waals surface area contributed by atoms with Crippen LogP contribution in [0, 0.1) is 0 Å². The van der Waals surface area contributed by atoms with Crippen LogP contribution in [0.2, 0.25) is 0 Å². The number of nitrogens with one attached hydrogen (secondary N) is 1. The zero-order valence-electron chi connectivity index (χ0n) is 9.89. The predicted octanol–water partition coefficient (Wildman–Crippen LogP) is 2.37. The van der Waals surface area contributed by atoms with Crippen molar-refractivity contribution in [2.24, 2.45) is 5.10 Å². The van der Waals surface area contributed by atoms with Crippen molar-refractivity contribution in [3.05, 3.63) is 54.2 Å². The largest absolute Gasteiger partial charge is 0.463 e. The molecule has 0 fully saturated rings. The van der Waals surface area contributed by atoms with E-state index in [9.17, 15) is 18.0 Å². The topological polar surface area (TPSA) is 67.5 Å². The van der Waals surface area contributed by atoms with Gasteiger partial charge in [-0.05, 0) is 24.3 Å². The molecule has 0 bridgehead atoms. The molecule has 2 aromatic heterocycles. The van der Waals surface area contributed by atoms with Crippen molar-refractivity contribution in [1.82, 2.24) is 10.4 Å². The lowest BCUT2D eigenvalue weighted by molar-refractivity contribution is -0.0592. The average molecular weight is 283 g/mol. The quantitative estimate of drug-likeness (QED) is 0.694. The van der Waals surface area contributed by atoms with Gasteiger partial charge in [0, 0.05) is 12.4 Å². The Hall–Kier alpha value is -2.64. The van der Waals surface area contributed by atoms with Crippen molar-refractivity contribution in [3.63, 3.8) is 0 Å². The fourth-order valence-electron chi connectivity index (χ4n) is 1.34. The van der Waals surface area contributed by atoms with Crippen LogP contribution in [0.4, 0.5) is 13.2 Å². The third-order valence-electron chi connectivity index (χ3n) is 2.22. The maximum Gasteiger partial charge on any atom is 0.438 e. The Kier molecular flexibility index (Phi) is 3.83. The van der Waals surface area contributed by atoms with Crippen molar-refractivity contribution in [1.29, 1.82) is 0 Å². The first kappa shape index (κ1) is 13.8. The first-order valence-electron chi connectivity index (χ1n) is 5.37. The molecule has 8 heteroatoms. The minimum Gasteiger partial charge on any atom is -0.463 e. The van der Waals surface area contributed by atoms with Crippen molar-refractivity contribution in [2.45, 2.75) is 6.18 Å². The fraction of sp³-hybridized carbons (Fsp3) is 0.0833. The second-order valence-electron chi connectivity index (χ2n) is 3.62. The first-order chi connectivity index (χ1) is 9.48. The zero-order valence-corrected chi connectivity index (χ0v) is 9.89. The van der Waals surface area contributed by atoms with E-state index in [0.29, 0.717) is 0 Å². The second kappa shape index (κ2) is 5.55. The van der Waals surface area contributed by atoms with Gasteiger partial charge in [-0.1, -0.05) is 0 Å². The number of nitrogens with zero attached hydrogens (tertiary/aromatic N) is 2. The third kappa shape index (κ3) is 3.22. The van der Waals surface area contributed by atoms with E-state index >= 15 is 0 Å². The summed E-state index contributed by atoms with van der Waals surface area (Å²) in [6.45, 7) is 0. The molecule has 2 heterocycles. The highest BCUT2D eigenvalue weighted by Crippen LogP contribution is 2.22. The summed E-state index contributed by atoms with van der Waals surface area (Å²) in [7, 11) is 0. The highest BCUT2D eigenvalue weighted by atomic mass is 19.4. The number of amides is 1. The summed E-state index contributed by atoms with van der Waals surface area (Å²) in [6, 6.07) is 5.27. The van der Waals surface area contributed by atoms with Gasteiger partial charge in [0.25, 0.3) is 5.91 Å². The van der Waals surface area contributed by atoms with Crippen molar-refractivity contribution >= 4 is 11.6 Å². The minimum absolute atomic E-state index is 0.0946. The fourth-order valence-corrected chi connectivity index (χ4v) is 1.34. The van der Waals surface area contributed by atoms with Crippen LogP contribution in [0.25, 0.3) is 0 Å². The van der Waals surface area contributed by atoms with Crippen LogP contribution in [0.15, 0.2) is 52.4 Å². The number of carbonyl (C=O) groups is 1. The Morgan fingerprint density at radius 1 is 1.30 bits per heavy atom. The number of aromatic nitrogens is 1. The number of furan rings is 1. The van der Waals surface area contributed by atoms with Gasteiger partial charge in [-0.2, -0.15) is 18.3 Å². The van der Waals surface area contributed by atoms with Gasteiger partial charge in [0.1, 0.15) is 0 Å². The Morgan fingerprint density at radius 3 is 2.65 bits per heavy atom. The van der Waals surface area contributed by atoms with Crippen LogP contribution in [0.3, 0.4) is 0 Å². The lowest BCUT2D eigenvalue weighted by Crippen LogP contribution is -2.28. The van der Waals surface area contributed by atoms with Crippen LogP contribution in [-0.4, -0.2) is 22.8 Å². The Labute approximate surface area is 111 Å². The molecule has 0 aliphatic heterocycles. The monoisotopic (exact) mass is 283 g/mol. The summed E-state index contributed by atoms with van der Waals surface area (Å²) < 4.78 is 43.0. The standard InChI is InChI=1S/C12H8F3N3O2/c13-12(14,15)10(9-4-2-6-20-9)17-18-11(19)8-3-1-5-16-7-8/h1-7H,(H,18,19)/b17-10-. The van der Waals surface area contributed by atoms with Crippen LogP contribution < -0.4 is 5.43 Å². The highest BCUT2D eigenvalue weighted by molar-refractivity contribution is 6.03. The van der Waals surface area contributed by atoms with Crippen molar-refractivity contribution < 1.29 is 22.4 Å². The van der Waals surface area contributed by atoms with Gasteiger partial charge in [-0.3, -0.25) is 9.78 Å². The van der Waals surface area contributed by atoms with Crippen LogP contribution in [0.1, 0.15) is 16.1 Å². The molecule has 2 aromatic rings. The van der Waals surface area contributed by atoms with Gasteiger partial charge >= 0.3 is 6.18 Å². The van der Waals surface area contributed by atoms with E-state index in [1.54, 1.807) is 0 Å². The summed E-state index contributed by atoms with van der Waals surface area (Å²) >= 11 is 0. The molecule has 20 heavy (non-hydrogen) atoms. The van der Waals surface area contributed by atoms with Crippen molar-refractivity contribution in [3.8, 4) is 0 Å². The number of alkyl halides is 3. The maximum absolute atomic E-state index is 12.8. The smallest absolute Gasteiger partial charge is 0.438 e. The third-order valence-corrected chi connectivity index (χ3v) is 2.22. The Morgan fingerprint density at radius 2 is 2.10 bits per heavy atom. The number of hydrazone groups is 1. The molecule has 2 rings (SSSR count). The molecule has 5 nitrogen and oxygen atoms in total. The van der Waals surface area contributed by atoms with Crippen LogP contribution >= 0.6 is 0 Å². The molecule has 0 atom stereocenters. The average Bonchev–Trinajstić information content (AvgIpc) is 2.92. The second-order valence-corrected chi connectivity index (χ2v) is 3.62. The van der Waals surface area contributed by atoms with E-state index in [4.69, 9.17) is 0 Å². The molecule has 0 saturated heterocycles. The van der Waals surface area contributed by atoms with Gasteiger partial charge < -0.3 is 4.42 Å². The first-order valence-corrected chi connectivity index (χ1v) is 5.37. The zero-order chi connectivity index (χ0) is 14.6. The molecule has 0 unspecified atom stereocenters. The summed E-state index contributed by atoms with van der Waals surface area (Å²) in [4.78, 5) is 15.3. The van der Waals surface area contributed by atoms with E-state index in [1.807, 2.05) is 5.43 Å². The summed E-state index contributed by atoms with van der Waals surface area (Å²) in [5.41, 5.74) is 0.598. The van der Waals surface area contributed by atoms with Gasteiger partial charge in [0.05, 0.1) is 11.8 Å². The lowest BCUT2D eigenvalue weighted by Gasteiger charge is -2.08. The summed E-state index contributed by atoms with van der Waals surface area (Å²) in [5, 5.41) is 3.08. The Bertz CT molecular complexity index is 607.